The van der Waals surface area contributed by atoms with Crippen LogP contribution in [0.4, 0.5) is 4.79 Å². The summed E-state index contributed by atoms with van der Waals surface area (Å²) in [5.41, 5.74) is 5.17. The maximum absolute atomic E-state index is 12.8. The minimum absolute atomic E-state index is 0.133. The van der Waals surface area contributed by atoms with E-state index in [2.05, 4.69) is 5.43 Å². The maximum Gasteiger partial charge on any atom is 0.428 e. The van der Waals surface area contributed by atoms with Crippen molar-refractivity contribution in [2.45, 2.75) is 26.7 Å². The third kappa shape index (κ3) is 6.09. The Morgan fingerprint density at radius 1 is 1.21 bits per heavy atom. The summed E-state index contributed by atoms with van der Waals surface area (Å²) in [4.78, 5) is 36.7. The molecule has 8 nitrogen and oxygen atoms in total. The molecule has 1 saturated heterocycles. The molecule has 3 N–H and O–H groups in total. The van der Waals surface area contributed by atoms with Crippen molar-refractivity contribution >= 4 is 24.0 Å². The van der Waals surface area contributed by atoms with Gasteiger partial charge in [0.05, 0.1) is 18.4 Å². The van der Waals surface area contributed by atoms with E-state index in [1.807, 2.05) is 50.3 Å². The number of benzene rings is 1. The van der Waals surface area contributed by atoms with Crippen LogP contribution in [0.5, 0.6) is 0 Å². The molecule has 1 fully saturated rings. The first-order valence-electron chi connectivity index (χ1n) is 9.32. The fourth-order valence-electron chi connectivity index (χ4n) is 3.12. The molecule has 2 atom stereocenters. The highest BCUT2D eigenvalue weighted by molar-refractivity contribution is 5.88. The molecular weight excluding hydrogens is 362 g/mol. The molecule has 1 heterocycles. The second kappa shape index (κ2) is 10.5. The quantitative estimate of drug-likeness (QED) is 0.444. The Morgan fingerprint density at radius 3 is 2.50 bits per heavy atom. The molecule has 1 aliphatic rings. The summed E-state index contributed by atoms with van der Waals surface area (Å²) in [5.74, 6) is -2.46. The second-order valence-electron chi connectivity index (χ2n) is 7.11. The molecule has 0 bridgehead atoms. The van der Waals surface area contributed by atoms with E-state index in [1.54, 1.807) is 11.6 Å². The van der Waals surface area contributed by atoms with E-state index in [9.17, 15) is 19.6 Å². The molecule has 2 rings (SSSR count). The van der Waals surface area contributed by atoms with Crippen LogP contribution in [0.3, 0.4) is 0 Å². The number of nitrogens with zero attached hydrogens (tertiary/aromatic N) is 1. The Morgan fingerprint density at radius 2 is 1.93 bits per heavy atom. The number of hydrazine groups is 1. The van der Waals surface area contributed by atoms with Gasteiger partial charge < -0.3 is 4.74 Å². The lowest BCUT2D eigenvalue weighted by molar-refractivity contribution is -0.142. The molecule has 0 spiro atoms. The molecule has 152 valence electrons. The van der Waals surface area contributed by atoms with Crippen LogP contribution in [0.2, 0.25) is 0 Å². The smallest absolute Gasteiger partial charge is 0.428 e. The first kappa shape index (κ1) is 21.4. The number of hydrogen-bond acceptors (Lipinski definition) is 5. The molecule has 0 unspecified atom stereocenters. The van der Waals surface area contributed by atoms with E-state index >= 15 is 0 Å². The standard InChI is InChI=1S/C20H27N3O5/c1-14(2)13-17(18(24)21-23-11-12-28-20(23)26)16(19(25)22-27)10-6-9-15-7-4-3-5-8-15/h3-9,14,16-17,27H,10-13H2,1-2H3,(H,21,24)(H,22,25)/b9-6+/t16-,17+/m0/s1. The first-order chi connectivity index (χ1) is 13.4. The molecule has 28 heavy (non-hydrogen) atoms. The monoisotopic (exact) mass is 389 g/mol. The van der Waals surface area contributed by atoms with Gasteiger partial charge in [-0.2, -0.15) is 0 Å². The van der Waals surface area contributed by atoms with Gasteiger partial charge in [-0.1, -0.05) is 56.3 Å². The van der Waals surface area contributed by atoms with Crippen molar-refractivity contribution in [3.63, 3.8) is 0 Å². The summed E-state index contributed by atoms with van der Waals surface area (Å²) in [6, 6.07) is 9.57. The number of carbonyl (C=O) groups excluding carboxylic acids is 3. The third-order valence-corrected chi connectivity index (χ3v) is 4.50. The van der Waals surface area contributed by atoms with Crippen LogP contribution in [0.15, 0.2) is 36.4 Å². The van der Waals surface area contributed by atoms with Gasteiger partial charge in [0.25, 0.3) is 0 Å². The van der Waals surface area contributed by atoms with Crippen molar-refractivity contribution < 1.29 is 24.3 Å². The molecule has 0 aliphatic carbocycles. The van der Waals surface area contributed by atoms with Gasteiger partial charge in [-0.05, 0) is 24.3 Å². The number of cyclic esters (lactones) is 1. The van der Waals surface area contributed by atoms with E-state index < -0.39 is 29.7 Å². The van der Waals surface area contributed by atoms with Gasteiger partial charge in [-0.15, -0.1) is 0 Å². The number of allylic oxidation sites excluding steroid dienone is 1. The predicted molar refractivity (Wildman–Crippen MR) is 103 cm³/mol. The number of hydroxylamine groups is 1. The lowest BCUT2D eigenvalue weighted by Gasteiger charge is -2.27. The van der Waals surface area contributed by atoms with E-state index in [4.69, 9.17) is 4.74 Å². The summed E-state index contributed by atoms with van der Waals surface area (Å²) in [6.07, 6.45) is 3.73. The summed E-state index contributed by atoms with van der Waals surface area (Å²) >= 11 is 0. The zero-order valence-corrected chi connectivity index (χ0v) is 16.1. The number of rotatable bonds is 9. The normalized spacial score (nSPS) is 16.1. The molecule has 1 aromatic rings. The van der Waals surface area contributed by atoms with Gasteiger partial charge in [0.15, 0.2) is 0 Å². The van der Waals surface area contributed by atoms with E-state index in [0.717, 1.165) is 10.6 Å². The molecule has 1 aromatic carbocycles. The predicted octanol–water partition coefficient (Wildman–Crippen LogP) is 2.36. The van der Waals surface area contributed by atoms with Gasteiger partial charge in [0, 0.05) is 0 Å². The van der Waals surface area contributed by atoms with Crippen molar-refractivity contribution in [1.29, 1.82) is 0 Å². The largest absolute Gasteiger partial charge is 0.446 e. The topological polar surface area (TPSA) is 108 Å². The molecule has 0 saturated carbocycles. The maximum atomic E-state index is 12.8. The van der Waals surface area contributed by atoms with Crippen LogP contribution < -0.4 is 10.9 Å². The summed E-state index contributed by atoms with van der Waals surface area (Å²) in [5, 5.41) is 10.3. The van der Waals surface area contributed by atoms with Crippen LogP contribution in [0.1, 0.15) is 32.3 Å². The first-order valence-corrected chi connectivity index (χ1v) is 9.32. The number of amides is 3. The highest BCUT2D eigenvalue weighted by Crippen LogP contribution is 2.25. The van der Waals surface area contributed by atoms with Crippen molar-refractivity contribution in [2.75, 3.05) is 13.2 Å². The van der Waals surface area contributed by atoms with E-state index in [0.29, 0.717) is 6.42 Å². The minimum Gasteiger partial charge on any atom is -0.446 e. The van der Waals surface area contributed by atoms with Crippen molar-refractivity contribution in [1.82, 2.24) is 15.9 Å². The molecule has 1 aliphatic heterocycles. The average molecular weight is 389 g/mol. The molecule has 0 radical (unpaired) electrons. The second-order valence-corrected chi connectivity index (χ2v) is 7.11. The van der Waals surface area contributed by atoms with Crippen molar-refractivity contribution in [3.05, 3.63) is 42.0 Å². The van der Waals surface area contributed by atoms with Gasteiger partial charge in [0.1, 0.15) is 6.61 Å². The van der Waals surface area contributed by atoms with Crippen molar-refractivity contribution in [3.8, 4) is 0 Å². The zero-order valence-electron chi connectivity index (χ0n) is 16.1. The Labute approximate surface area is 164 Å². The van der Waals surface area contributed by atoms with Crippen LogP contribution in [-0.2, 0) is 14.3 Å². The molecule has 0 aromatic heterocycles. The Kier molecular flexibility index (Phi) is 8.01. The van der Waals surface area contributed by atoms with Gasteiger partial charge in [-0.25, -0.2) is 15.3 Å². The highest BCUT2D eigenvalue weighted by atomic mass is 16.6. The SMILES string of the molecule is CC(C)C[C@@H](C(=O)NN1CCOC1=O)[C@H](C/C=C/c1ccccc1)C(=O)NO. The summed E-state index contributed by atoms with van der Waals surface area (Å²) in [6.45, 7) is 4.34. The summed E-state index contributed by atoms with van der Waals surface area (Å²) in [7, 11) is 0. The van der Waals surface area contributed by atoms with Crippen molar-refractivity contribution in [2.24, 2.45) is 17.8 Å². The molecular formula is C20H27N3O5. The fourth-order valence-corrected chi connectivity index (χ4v) is 3.12. The lowest BCUT2D eigenvalue weighted by Crippen LogP contribution is -2.49. The Hall–Kier alpha value is -2.87. The van der Waals surface area contributed by atoms with Gasteiger partial charge in [-0.3, -0.25) is 20.2 Å². The van der Waals surface area contributed by atoms with Crippen LogP contribution in [-0.4, -0.2) is 41.3 Å². The minimum atomic E-state index is -0.786. The van der Waals surface area contributed by atoms with Crippen LogP contribution in [0.25, 0.3) is 6.08 Å². The highest BCUT2D eigenvalue weighted by Gasteiger charge is 2.35. The molecule has 3 amide bonds. The fraction of sp³-hybridized carbons (Fsp3) is 0.450. The zero-order chi connectivity index (χ0) is 20.5. The lowest BCUT2D eigenvalue weighted by atomic mass is 9.82. The van der Waals surface area contributed by atoms with E-state index in [-0.39, 0.29) is 25.5 Å². The van der Waals surface area contributed by atoms with Gasteiger partial charge in [0.2, 0.25) is 11.8 Å². The average Bonchev–Trinajstić information content (AvgIpc) is 3.08. The number of hydrogen-bond donors (Lipinski definition) is 3. The Balaban J connectivity index is 2.15. The van der Waals surface area contributed by atoms with Crippen LogP contribution >= 0.6 is 0 Å². The van der Waals surface area contributed by atoms with E-state index in [1.165, 1.54) is 0 Å². The van der Waals surface area contributed by atoms with Gasteiger partial charge >= 0.3 is 6.09 Å². The molecule has 8 heteroatoms. The third-order valence-electron chi connectivity index (χ3n) is 4.50. The number of nitrogens with one attached hydrogen (secondary N) is 2. The Bertz CT molecular complexity index is 705. The number of carbonyl (C=O) groups is 3. The summed E-state index contributed by atoms with van der Waals surface area (Å²) < 4.78 is 4.81. The van der Waals surface area contributed by atoms with Crippen LogP contribution in [0, 0.1) is 17.8 Å². The number of ether oxygens (including phenoxy) is 1.